The fourth-order valence-electron chi connectivity index (χ4n) is 3.14. The normalized spacial score (nSPS) is 31.4. The first-order valence-corrected chi connectivity index (χ1v) is 6.82. The quantitative estimate of drug-likeness (QED) is 0.759. The van der Waals surface area contributed by atoms with Crippen LogP contribution in [0.3, 0.4) is 0 Å². The summed E-state index contributed by atoms with van der Waals surface area (Å²) < 4.78 is 51.8. The molecule has 0 aliphatic heterocycles. The zero-order valence-electron chi connectivity index (χ0n) is 11.6. The third-order valence-corrected chi connectivity index (χ3v) is 4.73. The van der Waals surface area contributed by atoms with Gasteiger partial charge in [0.25, 0.3) is 0 Å². The van der Waals surface area contributed by atoms with Crippen molar-refractivity contribution in [3.63, 3.8) is 0 Å². The lowest BCUT2D eigenvalue weighted by Gasteiger charge is -2.44. The summed E-state index contributed by atoms with van der Waals surface area (Å²) in [6.45, 7) is 4.01. The van der Waals surface area contributed by atoms with Crippen LogP contribution in [0.5, 0.6) is 0 Å². The first kappa shape index (κ1) is 15.3. The summed E-state index contributed by atoms with van der Waals surface area (Å²) in [7, 11) is 0. The molecule has 1 fully saturated rings. The van der Waals surface area contributed by atoms with Crippen LogP contribution >= 0.6 is 0 Å². The number of benzene rings is 1. The first-order chi connectivity index (χ1) is 9.16. The summed E-state index contributed by atoms with van der Waals surface area (Å²) >= 11 is 0. The highest BCUT2D eigenvalue weighted by Crippen LogP contribution is 2.44. The summed E-state index contributed by atoms with van der Waals surface area (Å²) in [5.74, 6) is -0.850. The molecular weight excluding hydrogens is 270 g/mol. The highest BCUT2D eigenvalue weighted by molar-refractivity contribution is 5.33. The van der Waals surface area contributed by atoms with Crippen LogP contribution in [0, 0.1) is 17.7 Å². The van der Waals surface area contributed by atoms with Crippen molar-refractivity contribution >= 4 is 0 Å². The molecule has 20 heavy (non-hydrogen) atoms. The van der Waals surface area contributed by atoms with Gasteiger partial charge in [-0.25, -0.2) is 4.39 Å². The highest BCUT2D eigenvalue weighted by atomic mass is 19.4. The second-order valence-electron chi connectivity index (χ2n) is 5.89. The van der Waals surface area contributed by atoms with Gasteiger partial charge in [0, 0.05) is 5.54 Å². The monoisotopic (exact) mass is 289 g/mol. The molecular formula is C15H19F4N. The van der Waals surface area contributed by atoms with Crippen LogP contribution in [-0.4, -0.2) is 0 Å². The summed E-state index contributed by atoms with van der Waals surface area (Å²) in [6.07, 6.45) is -2.17. The molecule has 1 aliphatic carbocycles. The Morgan fingerprint density at radius 1 is 1.25 bits per heavy atom. The van der Waals surface area contributed by atoms with Crippen molar-refractivity contribution < 1.29 is 17.6 Å². The van der Waals surface area contributed by atoms with E-state index in [1.807, 2.05) is 6.92 Å². The van der Waals surface area contributed by atoms with Gasteiger partial charge in [0.05, 0.1) is 5.56 Å². The van der Waals surface area contributed by atoms with Gasteiger partial charge in [0.15, 0.2) is 0 Å². The van der Waals surface area contributed by atoms with Gasteiger partial charge in [0.1, 0.15) is 5.82 Å². The van der Waals surface area contributed by atoms with Gasteiger partial charge in [0.2, 0.25) is 0 Å². The van der Waals surface area contributed by atoms with Gasteiger partial charge in [-0.1, -0.05) is 32.8 Å². The Hall–Kier alpha value is -1.10. The van der Waals surface area contributed by atoms with Gasteiger partial charge >= 0.3 is 6.18 Å². The maximum absolute atomic E-state index is 13.4. The lowest BCUT2D eigenvalue weighted by atomic mass is 9.65. The third-order valence-electron chi connectivity index (χ3n) is 4.73. The van der Waals surface area contributed by atoms with E-state index >= 15 is 0 Å². The Bertz CT molecular complexity index is 497. The summed E-state index contributed by atoms with van der Waals surface area (Å²) in [5, 5.41) is 0. The molecule has 112 valence electrons. The van der Waals surface area contributed by atoms with Crippen LogP contribution in [0.2, 0.25) is 0 Å². The Morgan fingerprint density at radius 3 is 2.50 bits per heavy atom. The van der Waals surface area contributed by atoms with Crippen molar-refractivity contribution in [3.05, 3.63) is 35.1 Å². The number of nitrogens with two attached hydrogens (primary N) is 1. The van der Waals surface area contributed by atoms with E-state index in [1.54, 1.807) is 0 Å². The molecule has 2 rings (SSSR count). The number of rotatable bonds is 1. The van der Waals surface area contributed by atoms with Crippen LogP contribution in [0.25, 0.3) is 0 Å². The second-order valence-corrected chi connectivity index (χ2v) is 5.89. The minimum atomic E-state index is -4.69. The molecule has 1 aromatic carbocycles. The summed E-state index contributed by atoms with van der Waals surface area (Å²) in [6, 6.07) is 3.14. The van der Waals surface area contributed by atoms with Crippen molar-refractivity contribution in [2.75, 3.05) is 0 Å². The first-order valence-electron chi connectivity index (χ1n) is 6.82. The molecule has 3 unspecified atom stereocenters. The molecule has 2 N–H and O–H groups in total. The standard InChI is InChI=1S/C15H19F4N/c1-9-4-3-7-14(20,10(9)2)11-5-6-13(16)12(8-11)15(17,18)19/h5-6,8-10H,3-4,7,20H2,1-2H3. The molecule has 0 heterocycles. The number of alkyl halides is 3. The van der Waals surface area contributed by atoms with Crippen LogP contribution in [-0.2, 0) is 11.7 Å². The summed E-state index contributed by atoms with van der Waals surface area (Å²) in [4.78, 5) is 0. The van der Waals surface area contributed by atoms with Crippen molar-refractivity contribution in [2.24, 2.45) is 17.6 Å². The molecule has 1 aliphatic rings. The zero-order valence-corrected chi connectivity index (χ0v) is 11.6. The van der Waals surface area contributed by atoms with Crippen LogP contribution in [0.4, 0.5) is 17.6 Å². The van der Waals surface area contributed by atoms with E-state index in [2.05, 4.69) is 6.92 Å². The lowest BCUT2D eigenvalue weighted by Crippen LogP contribution is -2.48. The second kappa shape index (κ2) is 5.02. The van der Waals surface area contributed by atoms with E-state index in [1.165, 1.54) is 6.07 Å². The van der Waals surface area contributed by atoms with Crippen molar-refractivity contribution in [3.8, 4) is 0 Å². The predicted octanol–water partition coefficient (Wildman–Crippen LogP) is 4.45. The smallest absolute Gasteiger partial charge is 0.321 e. The van der Waals surface area contributed by atoms with E-state index in [-0.39, 0.29) is 5.92 Å². The Labute approximate surface area is 116 Å². The minimum absolute atomic E-state index is 0.0581. The van der Waals surface area contributed by atoms with Gasteiger partial charge in [-0.3, -0.25) is 0 Å². The van der Waals surface area contributed by atoms with Crippen LogP contribution in [0.15, 0.2) is 18.2 Å². The highest BCUT2D eigenvalue weighted by Gasteiger charge is 2.42. The Kier molecular flexibility index (Phi) is 3.84. The van der Waals surface area contributed by atoms with Gasteiger partial charge in [-0.2, -0.15) is 13.2 Å². The number of hydrogen-bond acceptors (Lipinski definition) is 1. The van der Waals surface area contributed by atoms with E-state index in [9.17, 15) is 17.6 Å². The van der Waals surface area contributed by atoms with Crippen molar-refractivity contribution in [1.82, 2.24) is 0 Å². The van der Waals surface area contributed by atoms with Crippen molar-refractivity contribution in [2.45, 2.75) is 44.8 Å². The Morgan fingerprint density at radius 2 is 1.90 bits per heavy atom. The van der Waals surface area contributed by atoms with E-state index < -0.39 is 23.1 Å². The van der Waals surface area contributed by atoms with Crippen molar-refractivity contribution in [1.29, 1.82) is 0 Å². The predicted molar refractivity (Wildman–Crippen MR) is 69.4 cm³/mol. The third kappa shape index (κ3) is 2.55. The fourth-order valence-corrected chi connectivity index (χ4v) is 3.14. The molecule has 5 heteroatoms. The minimum Gasteiger partial charge on any atom is -0.321 e. The molecule has 0 saturated heterocycles. The molecule has 1 aromatic rings. The molecule has 3 atom stereocenters. The zero-order chi connectivity index (χ0) is 15.1. The SMILES string of the molecule is CC1CCCC(N)(c2ccc(F)c(C(F)(F)F)c2)C1C. The number of halogens is 4. The van der Waals surface area contributed by atoms with E-state index in [4.69, 9.17) is 5.73 Å². The molecule has 1 saturated carbocycles. The Balaban J connectivity index is 2.47. The van der Waals surface area contributed by atoms with Crippen LogP contribution < -0.4 is 5.73 Å². The molecule has 1 nitrogen and oxygen atoms in total. The topological polar surface area (TPSA) is 26.0 Å². The molecule has 0 bridgehead atoms. The van der Waals surface area contributed by atoms with Gasteiger partial charge < -0.3 is 5.73 Å². The molecule has 0 spiro atoms. The van der Waals surface area contributed by atoms with Gasteiger partial charge in [-0.05, 0) is 36.0 Å². The average molecular weight is 289 g/mol. The molecule has 0 amide bonds. The summed E-state index contributed by atoms with van der Waals surface area (Å²) in [5.41, 5.74) is 4.72. The van der Waals surface area contributed by atoms with E-state index in [0.717, 1.165) is 25.0 Å². The van der Waals surface area contributed by atoms with Crippen LogP contribution in [0.1, 0.15) is 44.2 Å². The lowest BCUT2D eigenvalue weighted by molar-refractivity contribution is -0.140. The largest absolute Gasteiger partial charge is 0.419 e. The molecule has 0 radical (unpaired) electrons. The average Bonchev–Trinajstić information content (AvgIpc) is 2.35. The molecule has 0 aromatic heterocycles. The number of hydrogen-bond donors (Lipinski definition) is 1. The fraction of sp³-hybridized carbons (Fsp3) is 0.600. The van der Waals surface area contributed by atoms with Gasteiger partial charge in [-0.15, -0.1) is 0 Å². The maximum Gasteiger partial charge on any atom is 0.419 e. The van der Waals surface area contributed by atoms with E-state index in [0.29, 0.717) is 17.9 Å². The maximum atomic E-state index is 13.4.